The standard InChI is InChI=1S/C13H21N7O5S/c1-9(7-17-26(14,22)23)4-5-15-13-11(19-25-20-13)12(18-21)16-8-10-3-2-6-24-10/h2-3,6,9,17,21H,4-5,7-8H2,1H3,(H,15,20)(H,16,18)(H2,14,22,23). The van der Waals surface area contributed by atoms with Crippen molar-refractivity contribution in [3.05, 3.63) is 29.9 Å². The topological polar surface area (TPSA) is 181 Å². The smallest absolute Gasteiger partial charge is 0.274 e. The van der Waals surface area contributed by atoms with E-state index in [9.17, 15) is 13.6 Å². The third-order valence-electron chi connectivity index (χ3n) is 3.35. The minimum absolute atomic E-state index is 0.0344. The van der Waals surface area contributed by atoms with Crippen molar-refractivity contribution in [2.24, 2.45) is 16.0 Å². The van der Waals surface area contributed by atoms with E-state index in [0.717, 1.165) is 0 Å². The first-order valence-corrected chi connectivity index (χ1v) is 9.24. The summed E-state index contributed by atoms with van der Waals surface area (Å²) in [6.45, 7) is 2.75. The molecule has 2 rings (SSSR count). The number of nitrogens with one attached hydrogen (secondary N) is 3. The molecule has 0 aliphatic rings. The van der Waals surface area contributed by atoms with Crippen LogP contribution < -0.4 is 20.7 Å². The van der Waals surface area contributed by atoms with Gasteiger partial charge in [0.15, 0.2) is 11.5 Å². The number of hydrogen-bond donors (Lipinski definition) is 5. The Balaban J connectivity index is 1.89. The molecule has 1 unspecified atom stereocenters. The molecule has 0 bridgehead atoms. The number of furan rings is 1. The quantitative estimate of drug-likeness (QED) is 0.210. The lowest BCUT2D eigenvalue weighted by Gasteiger charge is -2.12. The molecule has 0 amide bonds. The molecular weight excluding hydrogens is 366 g/mol. The maximum Gasteiger partial charge on any atom is 0.274 e. The second kappa shape index (κ2) is 9.28. The Hall–Kier alpha value is -2.48. The van der Waals surface area contributed by atoms with E-state index in [1.54, 1.807) is 12.1 Å². The van der Waals surface area contributed by atoms with Gasteiger partial charge in [0.25, 0.3) is 10.2 Å². The molecular formula is C13H21N7O5S. The minimum atomic E-state index is -3.70. The van der Waals surface area contributed by atoms with Crippen LogP contribution in [0.4, 0.5) is 5.82 Å². The Kier molecular flexibility index (Phi) is 7.08. The van der Waals surface area contributed by atoms with Crippen LogP contribution in [0.3, 0.4) is 0 Å². The first kappa shape index (κ1) is 19.8. The number of hydrogen-bond acceptors (Lipinski definition) is 9. The summed E-state index contributed by atoms with van der Waals surface area (Å²) in [5.41, 5.74) is 2.16. The Morgan fingerprint density at radius 1 is 1.46 bits per heavy atom. The molecule has 26 heavy (non-hydrogen) atoms. The van der Waals surface area contributed by atoms with Gasteiger partial charge in [0, 0.05) is 13.1 Å². The second-order valence-corrected chi connectivity index (χ2v) is 6.91. The number of anilines is 1. The molecule has 0 aliphatic heterocycles. The van der Waals surface area contributed by atoms with Crippen molar-refractivity contribution in [3.63, 3.8) is 0 Å². The van der Waals surface area contributed by atoms with Crippen LogP contribution in [0.15, 0.2) is 32.4 Å². The van der Waals surface area contributed by atoms with Crippen LogP contribution in [0.1, 0.15) is 24.8 Å². The number of rotatable bonds is 10. The van der Waals surface area contributed by atoms with Gasteiger partial charge in [0.2, 0.25) is 5.82 Å². The molecule has 0 saturated carbocycles. The monoisotopic (exact) mass is 387 g/mol. The third kappa shape index (κ3) is 6.44. The van der Waals surface area contributed by atoms with Crippen LogP contribution in [-0.2, 0) is 16.8 Å². The highest BCUT2D eigenvalue weighted by Gasteiger charge is 2.16. The highest BCUT2D eigenvalue weighted by Crippen LogP contribution is 2.12. The summed E-state index contributed by atoms with van der Waals surface area (Å²) in [7, 11) is -3.70. The maximum absolute atomic E-state index is 10.9. The predicted molar refractivity (Wildman–Crippen MR) is 91.5 cm³/mol. The molecule has 6 N–H and O–H groups in total. The molecule has 13 heteroatoms. The molecule has 2 aromatic heterocycles. The van der Waals surface area contributed by atoms with Gasteiger partial charge in [-0.3, -0.25) is 15.7 Å². The van der Waals surface area contributed by atoms with E-state index in [0.29, 0.717) is 18.7 Å². The normalized spacial score (nSPS) is 13.6. The van der Waals surface area contributed by atoms with E-state index in [1.807, 2.05) is 12.4 Å². The Morgan fingerprint density at radius 2 is 2.27 bits per heavy atom. The molecule has 12 nitrogen and oxygen atoms in total. The Labute approximate surface area is 150 Å². The number of amidine groups is 1. The third-order valence-corrected chi connectivity index (χ3v) is 3.92. The van der Waals surface area contributed by atoms with E-state index in [1.165, 1.54) is 6.26 Å². The van der Waals surface area contributed by atoms with Crippen molar-refractivity contribution in [1.82, 2.24) is 20.5 Å². The SMILES string of the molecule is CC(CCNc1nonc1C(=NCc1ccco1)NO)CNS(N)(=O)=O. The lowest BCUT2D eigenvalue weighted by molar-refractivity contribution is 0.233. The average molecular weight is 387 g/mol. The number of nitrogens with zero attached hydrogens (tertiary/aromatic N) is 3. The largest absolute Gasteiger partial charge is 0.467 e. The molecule has 1 atom stereocenters. The zero-order valence-electron chi connectivity index (χ0n) is 14.0. The van der Waals surface area contributed by atoms with Crippen LogP contribution in [0.2, 0.25) is 0 Å². The fraction of sp³-hybridized carbons (Fsp3) is 0.462. The summed E-state index contributed by atoms with van der Waals surface area (Å²) >= 11 is 0. The number of nitrogens with two attached hydrogens (primary N) is 1. The number of aliphatic imine (C=N–C) groups is 1. The summed E-state index contributed by atoms with van der Waals surface area (Å²) < 4.78 is 33.8. The van der Waals surface area contributed by atoms with Crippen molar-refractivity contribution in [2.45, 2.75) is 19.9 Å². The van der Waals surface area contributed by atoms with Gasteiger partial charge in [0.05, 0.1) is 12.8 Å². The maximum atomic E-state index is 10.9. The fourth-order valence-electron chi connectivity index (χ4n) is 1.98. The van der Waals surface area contributed by atoms with Crippen LogP contribution in [0, 0.1) is 5.92 Å². The van der Waals surface area contributed by atoms with Crippen LogP contribution in [0.5, 0.6) is 0 Å². The Bertz CT molecular complexity index is 803. The van der Waals surface area contributed by atoms with Crippen LogP contribution in [0.25, 0.3) is 0 Å². The van der Waals surface area contributed by atoms with Crippen molar-refractivity contribution in [3.8, 4) is 0 Å². The van der Waals surface area contributed by atoms with Gasteiger partial charge >= 0.3 is 0 Å². The average Bonchev–Trinajstić information content (AvgIpc) is 3.25. The predicted octanol–water partition coefficient (Wildman–Crippen LogP) is -0.181. The highest BCUT2D eigenvalue weighted by atomic mass is 32.2. The summed E-state index contributed by atoms with van der Waals surface area (Å²) in [5, 5.41) is 24.6. The summed E-state index contributed by atoms with van der Waals surface area (Å²) in [6, 6.07) is 3.48. The minimum Gasteiger partial charge on any atom is -0.467 e. The van der Waals surface area contributed by atoms with E-state index in [2.05, 4.69) is 30.0 Å². The highest BCUT2D eigenvalue weighted by molar-refractivity contribution is 7.87. The van der Waals surface area contributed by atoms with Crippen molar-refractivity contribution in [1.29, 1.82) is 0 Å². The van der Waals surface area contributed by atoms with Gasteiger partial charge in [-0.05, 0) is 34.8 Å². The van der Waals surface area contributed by atoms with Crippen molar-refractivity contribution < 1.29 is 22.7 Å². The summed E-state index contributed by atoms with van der Waals surface area (Å²) in [6.07, 6.45) is 2.15. The fourth-order valence-corrected chi connectivity index (χ4v) is 2.50. The molecule has 0 fully saturated rings. The zero-order chi connectivity index (χ0) is 19.0. The number of aromatic nitrogens is 2. The van der Waals surface area contributed by atoms with Crippen molar-refractivity contribution in [2.75, 3.05) is 18.4 Å². The van der Waals surface area contributed by atoms with E-state index >= 15 is 0 Å². The molecule has 0 saturated heterocycles. The summed E-state index contributed by atoms with van der Waals surface area (Å²) in [5.74, 6) is 0.998. The number of hydroxylamine groups is 1. The molecule has 2 heterocycles. The van der Waals surface area contributed by atoms with Gasteiger partial charge in [-0.1, -0.05) is 6.92 Å². The lowest BCUT2D eigenvalue weighted by Crippen LogP contribution is -2.34. The van der Waals surface area contributed by atoms with E-state index in [-0.39, 0.29) is 36.4 Å². The molecule has 144 valence electrons. The van der Waals surface area contributed by atoms with Gasteiger partial charge < -0.3 is 9.73 Å². The molecule has 0 radical (unpaired) electrons. The van der Waals surface area contributed by atoms with Crippen LogP contribution in [-0.4, -0.2) is 42.9 Å². The second-order valence-electron chi connectivity index (χ2n) is 5.53. The van der Waals surface area contributed by atoms with E-state index < -0.39 is 10.2 Å². The van der Waals surface area contributed by atoms with Gasteiger partial charge in [-0.2, -0.15) is 8.42 Å². The van der Waals surface area contributed by atoms with Gasteiger partial charge in [0.1, 0.15) is 5.76 Å². The van der Waals surface area contributed by atoms with Gasteiger partial charge in [-0.25, -0.2) is 14.5 Å². The first-order valence-electron chi connectivity index (χ1n) is 7.70. The zero-order valence-corrected chi connectivity index (χ0v) is 14.9. The molecule has 2 aromatic rings. The van der Waals surface area contributed by atoms with Crippen LogP contribution >= 0.6 is 0 Å². The lowest BCUT2D eigenvalue weighted by atomic mass is 10.1. The molecule has 0 aromatic carbocycles. The van der Waals surface area contributed by atoms with E-state index in [4.69, 9.17) is 9.56 Å². The molecule has 0 spiro atoms. The summed E-state index contributed by atoms with van der Waals surface area (Å²) in [4.78, 5) is 4.16. The van der Waals surface area contributed by atoms with Crippen molar-refractivity contribution >= 4 is 21.9 Å². The first-order chi connectivity index (χ1) is 12.4. The Morgan fingerprint density at radius 3 is 2.92 bits per heavy atom. The molecule has 0 aliphatic carbocycles. The van der Waals surface area contributed by atoms with Gasteiger partial charge in [-0.15, -0.1) is 0 Å².